The van der Waals surface area contributed by atoms with Crippen LogP contribution in [0.15, 0.2) is 23.7 Å². The highest BCUT2D eigenvalue weighted by Gasteiger charge is 2.15. The summed E-state index contributed by atoms with van der Waals surface area (Å²) < 4.78 is 5.69. The van der Waals surface area contributed by atoms with Crippen molar-refractivity contribution in [2.75, 3.05) is 6.54 Å². The number of ether oxygens (including phenoxy) is 1. The zero-order chi connectivity index (χ0) is 18.2. The average molecular weight is 375 g/mol. The zero-order valence-electron chi connectivity index (χ0n) is 15.2. The Labute approximate surface area is 158 Å². The summed E-state index contributed by atoms with van der Waals surface area (Å²) in [4.78, 5) is 20.7. The number of carbonyl (C=O) groups excluding carboxylic acids is 1. The van der Waals surface area contributed by atoms with E-state index >= 15 is 0 Å². The molecule has 1 aliphatic carbocycles. The summed E-state index contributed by atoms with van der Waals surface area (Å²) in [6.45, 7) is 2.97. The van der Waals surface area contributed by atoms with Crippen LogP contribution in [0.2, 0.25) is 0 Å². The van der Waals surface area contributed by atoms with Gasteiger partial charge in [0.1, 0.15) is 17.4 Å². The van der Waals surface area contributed by atoms with Gasteiger partial charge in [-0.3, -0.25) is 4.98 Å². The predicted molar refractivity (Wildman–Crippen MR) is 103 cm³/mol. The first-order valence-corrected chi connectivity index (χ1v) is 10.1. The number of aryl methyl sites for hydroxylation is 1. The lowest BCUT2D eigenvalue weighted by molar-refractivity contribution is 0.233. The van der Waals surface area contributed by atoms with E-state index in [1.807, 2.05) is 24.4 Å². The normalized spacial score (nSPS) is 14.8. The molecule has 0 unspecified atom stereocenters. The highest BCUT2D eigenvalue weighted by Crippen LogP contribution is 2.17. The second kappa shape index (κ2) is 9.52. The fraction of sp³-hybridized carbons (Fsp3) is 0.526. The van der Waals surface area contributed by atoms with Gasteiger partial charge in [0, 0.05) is 30.1 Å². The van der Waals surface area contributed by atoms with Crippen LogP contribution in [0.3, 0.4) is 0 Å². The lowest BCUT2D eigenvalue weighted by atomic mass is 9.96. The van der Waals surface area contributed by atoms with Crippen molar-refractivity contribution in [2.45, 2.75) is 58.1 Å². The summed E-state index contributed by atoms with van der Waals surface area (Å²) >= 11 is 1.57. The maximum atomic E-state index is 11.9. The number of aromatic nitrogens is 2. The minimum Gasteiger partial charge on any atom is -0.485 e. The van der Waals surface area contributed by atoms with Crippen LogP contribution < -0.4 is 15.4 Å². The van der Waals surface area contributed by atoms with Gasteiger partial charge in [0.2, 0.25) is 0 Å². The third-order valence-corrected chi connectivity index (χ3v) is 5.32. The topological polar surface area (TPSA) is 76.1 Å². The van der Waals surface area contributed by atoms with Gasteiger partial charge in [-0.15, -0.1) is 11.3 Å². The summed E-state index contributed by atoms with van der Waals surface area (Å²) in [5.74, 6) is 0.744. The Morgan fingerprint density at radius 3 is 2.92 bits per heavy atom. The van der Waals surface area contributed by atoms with Crippen molar-refractivity contribution in [1.82, 2.24) is 20.6 Å². The molecule has 1 fully saturated rings. The molecule has 0 radical (unpaired) electrons. The number of nitrogens with zero attached hydrogens (tertiary/aromatic N) is 2. The number of urea groups is 1. The monoisotopic (exact) mass is 374 g/mol. The van der Waals surface area contributed by atoms with E-state index < -0.39 is 0 Å². The van der Waals surface area contributed by atoms with E-state index in [0.29, 0.717) is 19.2 Å². The third-order valence-electron chi connectivity index (χ3n) is 4.45. The van der Waals surface area contributed by atoms with Gasteiger partial charge in [-0.25, -0.2) is 9.78 Å². The smallest absolute Gasteiger partial charge is 0.315 e. The summed E-state index contributed by atoms with van der Waals surface area (Å²) in [6, 6.07) is 4.10. The van der Waals surface area contributed by atoms with E-state index in [2.05, 4.69) is 20.6 Å². The summed E-state index contributed by atoms with van der Waals surface area (Å²) in [7, 11) is 0. The summed E-state index contributed by atoms with van der Waals surface area (Å²) in [5, 5.41) is 8.93. The number of nitrogens with one attached hydrogen (secondary N) is 2. The number of amides is 2. The molecular formula is C19H26N4O2S. The first-order valence-electron chi connectivity index (χ1n) is 9.22. The van der Waals surface area contributed by atoms with Gasteiger partial charge < -0.3 is 15.4 Å². The van der Waals surface area contributed by atoms with Crippen LogP contribution >= 0.6 is 11.3 Å². The fourth-order valence-electron chi connectivity index (χ4n) is 3.00. The molecule has 140 valence electrons. The molecule has 0 spiro atoms. The lowest BCUT2D eigenvalue weighted by Gasteiger charge is -2.22. The molecule has 2 amide bonds. The van der Waals surface area contributed by atoms with E-state index in [4.69, 9.17) is 4.74 Å². The number of rotatable bonds is 7. The van der Waals surface area contributed by atoms with Gasteiger partial charge in [-0.1, -0.05) is 19.3 Å². The first-order chi connectivity index (χ1) is 12.7. The minimum absolute atomic E-state index is 0.0671. The molecule has 2 aromatic heterocycles. The highest BCUT2D eigenvalue weighted by atomic mass is 32.1. The molecule has 26 heavy (non-hydrogen) atoms. The van der Waals surface area contributed by atoms with E-state index in [1.54, 1.807) is 17.5 Å². The Morgan fingerprint density at radius 2 is 2.15 bits per heavy atom. The molecule has 2 N–H and O–H groups in total. The largest absolute Gasteiger partial charge is 0.485 e. The van der Waals surface area contributed by atoms with Crippen LogP contribution in [0.4, 0.5) is 4.79 Å². The fourth-order valence-corrected chi connectivity index (χ4v) is 3.74. The van der Waals surface area contributed by atoms with Crippen LogP contribution in [0.25, 0.3) is 0 Å². The second-order valence-corrected chi connectivity index (χ2v) is 7.58. The zero-order valence-corrected chi connectivity index (χ0v) is 16.0. The van der Waals surface area contributed by atoms with Crippen molar-refractivity contribution in [1.29, 1.82) is 0 Å². The van der Waals surface area contributed by atoms with Crippen LogP contribution in [-0.2, 0) is 13.0 Å². The van der Waals surface area contributed by atoms with E-state index in [0.717, 1.165) is 41.4 Å². The third kappa shape index (κ3) is 5.98. The SMILES string of the molecule is Cc1ccc(OCc2nc(CCNC(=O)NC3CCCCC3)cs2)cn1. The van der Waals surface area contributed by atoms with Crippen molar-refractivity contribution in [3.05, 3.63) is 40.1 Å². The summed E-state index contributed by atoms with van der Waals surface area (Å²) in [6.07, 6.45) is 8.36. The average Bonchev–Trinajstić information content (AvgIpc) is 3.10. The summed E-state index contributed by atoms with van der Waals surface area (Å²) in [5.41, 5.74) is 1.95. The molecule has 6 nitrogen and oxygen atoms in total. The Balaban J connectivity index is 1.35. The Morgan fingerprint density at radius 1 is 1.31 bits per heavy atom. The molecule has 3 rings (SSSR count). The van der Waals surface area contributed by atoms with Crippen LogP contribution in [0.5, 0.6) is 5.75 Å². The Bertz CT molecular complexity index is 696. The van der Waals surface area contributed by atoms with Gasteiger partial charge in [0.15, 0.2) is 0 Å². The molecule has 0 atom stereocenters. The van der Waals surface area contributed by atoms with Crippen molar-refractivity contribution >= 4 is 17.4 Å². The predicted octanol–water partition coefficient (Wildman–Crippen LogP) is 3.60. The first kappa shape index (κ1) is 18.6. The van der Waals surface area contributed by atoms with E-state index in [1.165, 1.54) is 19.3 Å². The van der Waals surface area contributed by atoms with E-state index in [-0.39, 0.29) is 6.03 Å². The molecule has 7 heteroatoms. The van der Waals surface area contributed by atoms with Crippen molar-refractivity contribution < 1.29 is 9.53 Å². The number of carbonyl (C=O) groups is 1. The molecular weight excluding hydrogens is 348 g/mol. The highest BCUT2D eigenvalue weighted by molar-refractivity contribution is 7.09. The van der Waals surface area contributed by atoms with Gasteiger partial charge in [-0.2, -0.15) is 0 Å². The van der Waals surface area contributed by atoms with Crippen molar-refractivity contribution in [2.24, 2.45) is 0 Å². The molecule has 0 bridgehead atoms. The Hall–Kier alpha value is -2.15. The number of hydrogen-bond donors (Lipinski definition) is 2. The maximum absolute atomic E-state index is 11.9. The van der Waals surface area contributed by atoms with Crippen molar-refractivity contribution in [3.63, 3.8) is 0 Å². The molecule has 0 saturated heterocycles. The van der Waals surface area contributed by atoms with Crippen LogP contribution in [0, 0.1) is 6.92 Å². The number of pyridine rings is 1. The second-order valence-electron chi connectivity index (χ2n) is 6.64. The van der Waals surface area contributed by atoms with Gasteiger partial charge >= 0.3 is 6.03 Å². The molecule has 2 heterocycles. The molecule has 1 aliphatic rings. The van der Waals surface area contributed by atoms with E-state index in [9.17, 15) is 4.79 Å². The van der Waals surface area contributed by atoms with Gasteiger partial charge in [-0.05, 0) is 31.9 Å². The standard InChI is InChI=1S/C19H26N4O2S/c1-14-7-8-17(11-21-14)25-12-18-22-16(13-26-18)9-10-20-19(24)23-15-5-3-2-4-6-15/h7-8,11,13,15H,2-6,9-10,12H2,1H3,(H2,20,23,24). The quantitative estimate of drug-likeness (QED) is 0.776. The number of thiazole rings is 1. The van der Waals surface area contributed by atoms with Crippen LogP contribution in [-0.4, -0.2) is 28.6 Å². The Kier molecular flexibility index (Phi) is 6.82. The van der Waals surface area contributed by atoms with Crippen LogP contribution in [0.1, 0.15) is 48.5 Å². The molecule has 1 saturated carbocycles. The van der Waals surface area contributed by atoms with Crippen molar-refractivity contribution in [3.8, 4) is 5.75 Å². The molecule has 0 aliphatic heterocycles. The van der Waals surface area contributed by atoms with Gasteiger partial charge in [0.25, 0.3) is 0 Å². The van der Waals surface area contributed by atoms with Gasteiger partial charge in [0.05, 0.1) is 11.9 Å². The number of hydrogen-bond acceptors (Lipinski definition) is 5. The maximum Gasteiger partial charge on any atom is 0.315 e. The lowest BCUT2D eigenvalue weighted by Crippen LogP contribution is -2.43. The molecule has 2 aromatic rings. The minimum atomic E-state index is -0.0671. The molecule has 0 aromatic carbocycles.